The smallest absolute Gasteiger partial charge is 0.255 e. The van der Waals surface area contributed by atoms with Crippen LogP contribution in [-0.2, 0) is 20.7 Å². The van der Waals surface area contributed by atoms with Gasteiger partial charge in [0.05, 0.1) is 30.3 Å². The van der Waals surface area contributed by atoms with Gasteiger partial charge in [-0.15, -0.1) is 0 Å². The van der Waals surface area contributed by atoms with E-state index in [-0.39, 0.29) is 30.9 Å². The molecule has 1 atom stereocenters. The van der Waals surface area contributed by atoms with Gasteiger partial charge in [0.25, 0.3) is 5.91 Å². The molecular formula is C21H28N4O4. The van der Waals surface area contributed by atoms with Crippen molar-refractivity contribution < 1.29 is 19.4 Å². The van der Waals surface area contributed by atoms with E-state index in [0.29, 0.717) is 32.5 Å². The van der Waals surface area contributed by atoms with Crippen LogP contribution in [0, 0.1) is 0 Å². The molecule has 0 aliphatic carbocycles. The molecule has 2 aliphatic heterocycles. The monoisotopic (exact) mass is 400 g/mol. The number of hydrogen-bond donors (Lipinski definition) is 2. The SMILES string of the molecule is COC1(C(=O)N2CCC[C@@H]2CO)CCN(C(=O)Cc2[nH]nc3ccccc23)CC1. The molecule has 0 unspecified atom stereocenters. The number of likely N-dealkylation sites (tertiary alicyclic amines) is 2. The molecule has 0 spiro atoms. The molecule has 0 saturated carbocycles. The number of benzene rings is 1. The number of nitrogens with zero attached hydrogens (tertiary/aromatic N) is 3. The Hall–Kier alpha value is -2.45. The number of carbonyl (C=O) groups excluding carboxylic acids is 2. The van der Waals surface area contributed by atoms with Crippen molar-refractivity contribution in [2.24, 2.45) is 0 Å². The van der Waals surface area contributed by atoms with E-state index in [0.717, 1.165) is 29.4 Å². The summed E-state index contributed by atoms with van der Waals surface area (Å²) < 4.78 is 5.71. The highest BCUT2D eigenvalue weighted by atomic mass is 16.5. The Balaban J connectivity index is 1.41. The Morgan fingerprint density at radius 3 is 2.76 bits per heavy atom. The van der Waals surface area contributed by atoms with Gasteiger partial charge in [-0.1, -0.05) is 18.2 Å². The maximum Gasteiger partial charge on any atom is 0.255 e. The quantitative estimate of drug-likeness (QED) is 0.783. The number of nitrogens with one attached hydrogen (secondary N) is 1. The Morgan fingerprint density at radius 1 is 1.28 bits per heavy atom. The Kier molecular flexibility index (Phi) is 5.56. The van der Waals surface area contributed by atoms with Gasteiger partial charge in [0, 0.05) is 45.0 Å². The lowest BCUT2D eigenvalue weighted by Crippen LogP contribution is -2.58. The van der Waals surface area contributed by atoms with Gasteiger partial charge in [0.2, 0.25) is 5.91 Å². The molecule has 2 saturated heterocycles. The van der Waals surface area contributed by atoms with E-state index >= 15 is 0 Å². The second-order valence-electron chi connectivity index (χ2n) is 7.95. The number of H-pyrrole nitrogens is 1. The standard InChI is InChI=1S/C21H28N4O4/c1-29-21(20(28)25-10-4-5-15(25)14-26)8-11-24(12-9-21)19(27)13-18-16-6-2-3-7-17(16)22-23-18/h2-3,6-7,15,26H,4-5,8-14H2,1H3,(H,22,23)/t15-/m1/s1. The molecule has 1 aromatic carbocycles. The normalized spacial score (nSPS) is 21.7. The Labute approximate surface area is 169 Å². The molecule has 8 nitrogen and oxygen atoms in total. The number of aromatic nitrogens is 2. The van der Waals surface area contributed by atoms with E-state index in [4.69, 9.17) is 4.74 Å². The minimum Gasteiger partial charge on any atom is -0.394 e. The highest BCUT2D eigenvalue weighted by Crippen LogP contribution is 2.31. The van der Waals surface area contributed by atoms with Gasteiger partial charge in [-0.25, -0.2) is 0 Å². The minimum atomic E-state index is -0.908. The van der Waals surface area contributed by atoms with Crippen LogP contribution in [0.1, 0.15) is 31.4 Å². The zero-order chi connectivity index (χ0) is 20.4. The molecule has 2 aromatic rings. The van der Waals surface area contributed by atoms with Gasteiger partial charge in [0.15, 0.2) is 0 Å². The molecule has 0 radical (unpaired) electrons. The van der Waals surface area contributed by atoms with Gasteiger partial charge in [0.1, 0.15) is 5.60 Å². The molecule has 0 bridgehead atoms. The minimum absolute atomic E-state index is 0.0194. The number of fused-ring (bicyclic) bond motifs is 1. The van der Waals surface area contributed by atoms with Crippen LogP contribution in [0.15, 0.2) is 24.3 Å². The molecule has 4 rings (SSSR count). The van der Waals surface area contributed by atoms with Crippen molar-refractivity contribution in [2.75, 3.05) is 33.4 Å². The summed E-state index contributed by atoms with van der Waals surface area (Å²) in [7, 11) is 1.57. The fourth-order valence-electron chi connectivity index (χ4n) is 4.59. The lowest BCUT2D eigenvalue weighted by atomic mass is 9.89. The average molecular weight is 400 g/mol. The summed E-state index contributed by atoms with van der Waals surface area (Å²) in [5.41, 5.74) is 0.755. The molecule has 8 heteroatoms. The lowest BCUT2D eigenvalue weighted by molar-refractivity contribution is -0.164. The van der Waals surface area contributed by atoms with Crippen LogP contribution in [0.5, 0.6) is 0 Å². The molecular weight excluding hydrogens is 372 g/mol. The Bertz CT molecular complexity index is 888. The predicted octanol–water partition coefficient (Wildman–Crippen LogP) is 1.10. The number of ether oxygens (including phenoxy) is 1. The largest absolute Gasteiger partial charge is 0.394 e. The van der Waals surface area contributed by atoms with Crippen molar-refractivity contribution >= 4 is 22.7 Å². The van der Waals surface area contributed by atoms with Crippen LogP contribution in [-0.4, -0.2) is 81.9 Å². The zero-order valence-corrected chi connectivity index (χ0v) is 16.8. The molecule has 1 aromatic heterocycles. The topological polar surface area (TPSA) is 98.8 Å². The van der Waals surface area contributed by atoms with Crippen molar-refractivity contribution in [1.29, 1.82) is 0 Å². The summed E-state index contributed by atoms with van der Waals surface area (Å²) in [6.07, 6.45) is 2.91. The van der Waals surface area contributed by atoms with Crippen molar-refractivity contribution in [2.45, 2.75) is 43.7 Å². The van der Waals surface area contributed by atoms with E-state index in [2.05, 4.69) is 10.2 Å². The number of methoxy groups -OCH3 is 1. The van der Waals surface area contributed by atoms with Crippen LogP contribution < -0.4 is 0 Å². The number of aromatic amines is 1. The highest BCUT2D eigenvalue weighted by molar-refractivity contribution is 5.88. The lowest BCUT2D eigenvalue weighted by Gasteiger charge is -2.42. The molecule has 2 N–H and O–H groups in total. The summed E-state index contributed by atoms with van der Waals surface area (Å²) in [5, 5.41) is 17.7. The highest BCUT2D eigenvalue weighted by Gasteiger charge is 2.47. The maximum atomic E-state index is 13.2. The molecule has 2 aliphatic rings. The first-order valence-corrected chi connectivity index (χ1v) is 10.2. The number of rotatable bonds is 5. The Morgan fingerprint density at radius 2 is 2.03 bits per heavy atom. The number of para-hydroxylation sites is 1. The van der Waals surface area contributed by atoms with Gasteiger partial charge >= 0.3 is 0 Å². The van der Waals surface area contributed by atoms with Gasteiger partial charge in [-0.2, -0.15) is 5.10 Å². The van der Waals surface area contributed by atoms with Crippen molar-refractivity contribution in [3.63, 3.8) is 0 Å². The number of aliphatic hydroxyl groups is 1. The first-order chi connectivity index (χ1) is 14.1. The van der Waals surface area contributed by atoms with E-state index in [1.54, 1.807) is 16.9 Å². The third-order valence-electron chi connectivity index (χ3n) is 6.42. The van der Waals surface area contributed by atoms with Crippen LogP contribution >= 0.6 is 0 Å². The average Bonchev–Trinajstić information content (AvgIpc) is 3.40. The van der Waals surface area contributed by atoms with Gasteiger partial charge in [-0.3, -0.25) is 14.7 Å². The molecule has 156 valence electrons. The number of piperidine rings is 1. The number of carbonyl (C=O) groups is 2. The second kappa shape index (κ2) is 8.12. The van der Waals surface area contributed by atoms with E-state index in [1.165, 1.54) is 0 Å². The van der Waals surface area contributed by atoms with Crippen LogP contribution in [0.4, 0.5) is 0 Å². The third-order valence-corrected chi connectivity index (χ3v) is 6.42. The van der Waals surface area contributed by atoms with Gasteiger partial charge < -0.3 is 19.6 Å². The molecule has 29 heavy (non-hydrogen) atoms. The molecule has 2 fully saturated rings. The molecule has 3 heterocycles. The number of hydrogen-bond acceptors (Lipinski definition) is 5. The summed E-state index contributed by atoms with van der Waals surface area (Å²) in [6.45, 7) is 1.59. The molecule has 2 amide bonds. The number of amides is 2. The van der Waals surface area contributed by atoms with Crippen LogP contribution in [0.25, 0.3) is 10.9 Å². The van der Waals surface area contributed by atoms with Crippen LogP contribution in [0.3, 0.4) is 0 Å². The van der Waals surface area contributed by atoms with Crippen molar-refractivity contribution in [1.82, 2.24) is 20.0 Å². The summed E-state index contributed by atoms with van der Waals surface area (Å²) >= 11 is 0. The fraction of sp³-hybridized carbons (Fsp3) is 0.571. The summed E-state index contributed by atoms with van der Waals surface area (Å²) in [6, 6.07) is 7.60. The van der Waals surface area contributed by atoms with Gasteiger partial charge in [-0.05, 0) is 18.9 Å². The first kappa shape index (κ1) is 19.8. The first-order valence-electron chi connectivity index (χ1n) is 10.2. The zero-order valence-electron chi connectivity index (χ0n) is 16.8. The summed E-state index contributed by atoms with van der Waals surface area (Å²) in [4.78, 5) is 29.6. The van der Waals surface area contributed by atoms with E-state index in [1.807, 2.05) is 24.3 Å². The van der Waals surface area contributed by atoms with E-state index in [9.17, 15) is 14.7 Å². The van der Waals surface area contributed by atoms with Crippen LogP contribution in [0.2, 0.25) is 0 Å². The number of aliphatic hydroxyl groups excluding tert-OH is 1. The third kappa shape index (κ3) is 3.62. The maximum absolute atomic E-state index is 13.2. The predicted molar refractivity (Wildman–Crippen MR) is 107 cm³/mol. The van der Waals surface area contributed by atoms with E-state index < -0.39 is 5.60 Å². The summed E-state index contributed by atoms with van der Waals surface area (Å²) in [5.74, 6) is -0.0332. The second-order valence-corrected chi connectivity index (χ2v) is 7.95. The van der Waals surface area contributed by atoms with Crippen molar-refractivity contribution in [3.05, 3.63) is 30.0 Å². The van der Waals surface area contributed by atoms with Crippen molar-refractivity contribution in [3.8, 4) is 0 Å². The fourth-order valence-corrected chi connectivity index (χ4v) is 4.59.